The van der Waals surface area contributed by atoms with Crippen molar-refractivity contribution < 1.29 is 22.3 Å². The van der Waals surface area contributed by atoms with E-state index in [9.17, 15) is 13.2 Å². The third-order valence-electron chi connectivity index (χ3n) is 6.58. The van der Waals surface area contributed by atoms with Crippen LogP contribution in [0.1, 0.15) is 53.0 Å². The van der Waals surface area contributed by atoms with Crippen LogP contribution in [0.3, 0.4) is 0 Å². The molecule has 0 bridgehead atoms. The molecular formula is C24H35F3N2O2Si. The van der Waals surface area contributed by atoms with Crippen molar-refractivity contribution in [3.05, 3.63) is 29.8 Å². The Balaban J connectivity index is 1.93. The lowest BCUT2D eigenvalue weighted by Crippen LogP contribution is -2.44. The van der Waals surface area contributed by atoms with Gasteiger partial charge in [-0.05, 0) is 63.0 Å². The number of hydrogen-bond donors (Lipinski definition) is 0. The molecule has 8 heteroatoms. The molecule has 0 N–H and O–H groups in total. The van der Waals surface area contributed by atoms with Crippen LogP contribution in [0.15, 0.2) is 24.3 Å². The minimum Gasteiger partial charge on any atom is -0.475 e. The van der Waals surface area contributed by atoms with Gasteiger partial charge in [-0.1, -0.05) is 20.8 Å². The highest BCUT2D eigenvalue weighted by Crippen LogP contribution is 2.40. The molecule has 1 aliphatic heterocycles. The summed E-state index contributed by atoms with van der Waals surface area (Å²) in [6.45, 7) is 16.0. The third-order valence-corrected chi connectivity index (χ3v) is 11.1. The van der Waals surface area contributed by atoms with Crippen molar-refractivity contribution in [1.82, 2.24) is 4.98 Å². The Morgan fingerprint density at radius 1 is 1.16 bits per heavy atom. The van der Waals surface area contributed by atoms with Gasteiger partial charge in [0, 0.05) is 23.7 Å². The first-order valence-electron chi connectivity index (χ1n) is 11.3. The molecule has 3 rings (SSSR count). The fourth-order valence-corrected chi connectivity index (χ4v) is 4.82. The van der Waals surface area contributed by atoms with Crippen molar-refractivity contribution in [2.24, 2.45) is 0 Å². The standard InChI is InChI=1S/C24H35F3N2O2Si/c1-16(2)31-22-14-20(24(25,26)27)19-13-17(10-11-21(19)28-22)29-12-8-9-18(29)15-30-32(6,7)23(3,4)5/h10-11,13-14,16,18H,8-9,12,15H2,1-7H3/t18-/m1/s1. The van der Waals surface area contributed by atoms with Gasteiger partial charge in [0.2, 0.25) is 5.88 Å². The number of ether oxygens (including phenoxy) is 1. The van der Waals surface area contributed by atoms with E-state index in [-0.39, 0.29) is 34.0 Å². The minimum absolute atomic E-state index is 0.00519. The average Bonchev–Trinajstić information content (AvgIpc) is 3.12. The van der Waals surface area contributed by atoms with E-state index in [4.69, 9.17) is 9.16 Å². The number of fused-ring (bicyclic) bond motifs is 1. The van der Waals surface area contributed by atoms with E-state index < -0.39 is 20.1 Å². The first kappa shape index (κ1) is 24.8. The maximum Gasteiger partial charge on any atom is 0.417 e. The molecule has 1 fully saturated rings. The summed E-state index contributed by atoms with van der Waals surface area (Å²) in [5, 5.41) is 0.213. The van der Waals surface area contributed by atoms with E-state index in [2.05, 4.69) is 43.7 Å². The molecule has 1 aromatic heterocycles. The van der Waals surface area contributed by atoms with Gasteiger partial charge in [-0.25, -0.2) is 4.98 Å². The van der Waals surface area contributed by atoms with Crippen molar-refractivity contribution in [1.29, 1.82) is 0 Å². The Bertz CT molecular complexity index is 955. The van der Waals surface area contributed by atoms with Gasteiger partial charge in [0.25, 0.3) is 0 Å². The number of hydrogen-bond acceptors (Lipinski definition) is 4. The van der Waals surface area contributed by atoms with Crippen LogP contribution in [0.5, 0.6) is 5.88 Å². The molecule has 0 amide bonds. The number of benzene rings is 1. The molecule has 1 aliphatic rings. The fraction of sp³-hybridized carbons (Fsp3) is 0.625. The van der Waals surface area contributed by atoms with Crippen molar-refractivity contribution >= 4 is 24.9 Å². The van der Waals surface area contributed by atoms with Gasteiger partial charge in [0.15, 0.2) is 8.32 Å². The molecule has 0 aliphatic carbocycles. The van der Waals surface area contributed by atoms with Gasteiger partial charge >= 0.3 is 6.18 Å². The molecule has 4 nitrogen and oxygen atoms in total. The summed E-state index contributed by atoms with van der Waals surface area (Å²) in [6.07, 6.45) is -2.79. The first-order chi connectivity index (χ1) is 14.7. The number of aromatic nitrogens is 1. The van der Waals surface area contributed by atoms with Gasteiger partial charge < -0.3 is 14.1 Å². The van der Waals surface area contributed by atoms with Crippen molar-refractivity contribution in [3.63, 3.8) is 0 Å². The Kier molecular flexibility index (Phi) is 6.87. The largest absolute Gasteiger partial charge is 0.475 e. The monoisotopic (exact) mass is 468 g/mol. The highest BCUT2D eigenvalue weighted by Gasteiger charge is 2.39. The molecule has 0 radical (unpaired) electrons. The van der Waals surface area contributed by atoms with Gasteiger partial charge in [-0.15, -0.1) is 0 Å². The Labute approximate surface area is 190 Å². The molecule has 1 atom stereocenters. The smallest absolute Gasteiger partial charge is 0.417 e. The minimum atomic E-state index is -4.50. The topological polar surface area (TPSA) is 34.6 Å². The van der Waals surface area contributed by atoms with Gasteiger partial charge in [0.1, 0.15) is 0 Å². The SMILES string of the molecule is CC(C)Oc1cc(C(F)(F)F)c2cc(N3CCC[C@@H]3CO[Si](C)(C)C(C)(C)C)ccc2n1. The molecule has 1 saturated heterocycles. The Hall–Kier alpha value is -1.80. The Morgan fingerprint density at radius 3 is 2.44 bits per heavy atom. The van der Waals surface area contributed by atoms with Crippen LogP contribution in [-0.2, 0) is 10.6 Å². The van der Waals surface area contributed by atoms with E-state index in [0.29, 0.717) is 6.61 Å². The predicted octanol–water partition coefficient (Wildman–Crippen LogP) is 7.03. The molecule has 0 saturated carbocycles. The van der Waals surface area contributed by atoms with Crippen LogP contribution in [0, 0.1) is 0 Å². The second-order valence-corrected chi connectivity index (χ2v) is 15.2. The summed E-state index contributed by atoms with van der Waals surface area (Å²) in [4.78, 5) is 6.50. The number of anilines is 1. The summed E-state index contributed by atoms with van der Waals surface area (Å²) in [5.74, 6) is -0.00519. The van der Waals surface area contributed by atoms with E-state index in [0.717, 1.165) is 31.1 Å². The summed E-state index contributed by atoms with van der Waals surface area (Å²) in [7, 11) is -1.90. The van der Waals surface area contributed by atoms with E-state index >= 15 is 0 Å². The lowest BCUT2D eigenvalue weighted by Gasteiger charge is -2.38. The zero-order valence-corrected chi connectivity index (χ0v) is 21.1. The molecule has 32 heavy (non-hydrogen) atoms. The van der Waals surface area contributed by atoms with E-state index in [1.807, 2.05) is 6.07 Å². The lowest BCUT2D eigenvalue weighted by atomic mass is 10.1. The quantitative estimate of drug-likeness (QED) is 0.426. The molecule has 0 spiro atoms. The van der Waals surface area contributed by atoms with Crippen LogP contribution in [0.25, 0.3) is 10.9 Å². The predicted molar refractivity (Wildman–Crippen MR) is 126 cm³/mol. The molecule has 178 valence electrons. The van der Waals surface area contributed by atoms with Crippen LogP contribution in [-0.4, -0.2) is 38.6 Å². The van der Waals surface area contributed by atoms with E-state index in [1.165, 1.54) is 0 Å². The van der Waals surface area contributed by atoms with Gasteiger partial charge in [-0.3, -0.25) is 0 Å². The molecular weight excluding hydrogens is 433 g/mol. The van der Waals surface area contributed by atoms with Crippen molar-refractivity contribution in [2.45, 2.75) is 83.9 Å². The number of pyridine rings is 1. The highest BCUT2D eigenvalue weighted by atomic mass is 28.4. The molecule has 0 unspecified atom stereocenters. The summed E-state index contributed by atoms with van der Waals surface area (Å²) >= 11 is 0. The van der Waals surface area contributed by atoms with Gasteiger partial charge in [-0.2, -0.15) is 13.2 Å². The highest BCUT2D eigenvalue weighted by molar-refractivity contribution is 6.74. The summed E-state index contributed by atoms with van der Waals surface area (Å²) in [6, 6.07) is 6.31. The zero-order chi connectivity index (χ0) is 23.9. The number of nitrogens with zero attached hydrogens (tertiary/aromatic N) is 2. The number of halogens is 3. The van der Waals surface area contributed by atoms with E-state index in [1.54, 1.807) is 26.0 Å². The first-order valence-corrected chi connectivity index (χ1v) is 14.2. The molecule has 1 aromatic carbocycles. The second-order valence-electron chi connectivity index (χ2n) is 10.4. The lowest BCUT2D eigenvalue weighted by molar-refractivity contribution is -0.136. The second kappa shape index (κ2) is 8.86. The van der Waals surface area contributed by atoms with Crippen LogP contribution in [0.4, 0.5) is 18.9 Å². The average molecular weight is 469 g/mol. The Morgan fingerprint density at radius 2 is 1.84 bits per heavy atom. The van der Waals surface area contributed by atoms with Crippen molar-refractivity contribution in [2.75, 3.05) is 18.1 Å². The summed E-state index contributed by atoms with van der Waals surface area (Å²) < 4.78 is 53.5. The summed E-state index contributed by atoms with van der Waals surface area (Å²) in [5.41, 5.74) is 0.351. The van der Waals surface area contributed by atoms with Crippen LogP contribution >= 0.6 is 0 Å². The number of alkyl halides is 3. The fourth-order valence-electron chi connectivity index (χ4n) is 3.77. The van der Waals surface area contributed by atoms with Crippen LogP contribution in [0.2, 0.25) is 18.1 Å². The maximum atomic E-state index is 13.9. The normalized spacial score (nSPS) is 18.1. The molecule has 2 heterocycles. The third kappa shape index (κ3) is 5.39. The van der Waals surface area contributed by atoms with Crippen molar-refractivity contribution in [3.8, 4) is 5.88 Å². The maximum absolute atomic E-state index is 13.9. The molecule has 2 aromatic rings. The zero-order valence-electron chi connectivity index (χ0n) is 20.1. The number of rotatable bonds is 6. The van der Waals surface area contributed by atoms with Gasteiger partial charge in [0.05, 0.1) is 29.8 Å². The van der Waals surface area contributed by atoms with Crippen LogP contribution < -0.4 is 9.64 Å².